The minimum Gasteiger partial charge on any atom is -0.342 e. The molecule has 5 rings (SSSR count). The lowest BCUT2D eigenvalue weighted by atomic mass is 9.79. The number of nitrogens with zero attached hydrogens (tertiary/aromatic N) is 3. The van der Waals surface area contributed by atoms with Gasteiger partial charge in [0.25, 0.3) is 5.91 Å². The maximum atomic E-state index is 13.8. The highest BCUT2D eigenvalue weighted by Gasteiger charge is 2.53. The fraction of sp³-hybridized carbons (Fsp3) is 0.571. The van der Waals surface area contributed by atoms with Crippen molar-refractivity contribution >= 4 is 23.4 Å². The van der Waals surface area contributed by atoms with Gasteiger partial charge in [0, 0.05) is 44.5 Å². The molecule has 1 atom stereocenters. The van der Waals surface area contributed by atoms with E-state index >= 15 is 0 Å². The van der Waals surface area contributed by atoms with Crippen LogP contribution >= 0.6 is 0 Å². The molecule has 1 N–H and O–H groups in total. The van der Waals surface area contributed by atoms with Crippen molar-refractivity contribution in [3.8, 4) is 0 Å². The summed E-state index contributed by atoms with van der Waals surface area (Å²) in [6, 6.07) is 15.4. The second kappa shape index (κ2) is 13.4. The number of piperidine rings is 1. The van der Waals surface area contributed by atoms with Crippen LogP contribution in [0.1, 0.15) is 92.6 Å². The van der Waals surface area contributed by atoms with E-state index < -0.39 is 5.54 Å². The molecular weight excluding hydrogens is 524 g/mol. The first-order valence-electron chi connectivity index (χ1n) is 16.1. The van der Waals surface area contributed by atoms with E-state index in [-0.39, 0.29) is 23.8 Å². The van der Waals surface area contributed by atoms with Crippen LogP contribution in [0.5, 0.6) is 0 Å². The highest BCUT2D eigenvalue weighted by molar-refractivity contribution is 6.05. The summed E-state index contributed by atoms with van der Waals surface area (Å²) < 4.78 is 0. The fourth-order valence-electron chi connectivity index (χ4n) is 7.10. The minimum atomic E-state index is -0.733. The Morgan fingerprint density at radius 2 is 1.64 bits per heavy atom. The molecule has 3 fully saturated rings. The normalized spacial score (nSPS) is 21.4. The van der Waals surface area contributed by atoms with Gasteiger partial charge in [0.15, 0.2) is 0 Å². The van der Waals surface area contributed by atoms with Gasteiger partial charge in [-0.05, 0) is 68.4 Å². The van der Waals surface area contributed by atoms with Crippen LogP contribution in [0, 0.1) is 12.8 Å². The van der Waals surface area contributed by atoms with E-state index in [0.717, 1.165) is 55.7 Å². The van der Waals surface area contributed by atoms with Crippen LogP contribution in [0.2, 0.25) is 0 Å². The summed E-state index contributed by atoms with van der Waals surface area (Å²) in [5, 5.41) is 3.20. The lowest BCUT2D eigenvalue weighted by Gasteiger charge is -2.52. The van der Waals surface area contributed by atoms with Crippen LogP contribution in [0.25, 0.3) is 0 Å². The highest BCUT2D eigenvalue weighted by Crippen LogP contribution is 2.36. The summed E-state index contributed by atoms with van der Waals surface area (Å²) in [6.07, 6.45) is 10.1. The second-order valence-electron chi connectivity index (χ2n) is 12.8. The molecule has 2 aromatic carbocycles. The number of benzene rings is 2. The zero-order valence-electron chi connectivity index (χ0n) is 25.7. The number of unbranched alkanes of at least 4 members (excludes halogenated alkanes) is 1. The van der Waals surface area contributed by atoms with Gasteiger partial charge in [-0.25, -0.2) is 0 Å². The van der Waals surface area contributed by atoms with Crippen molar-refractivity contribution in [3.05, 3.63) is 65.2 Å². The zero-order valence-corrected chi connectivity index (χ0v) is 25.7. The molecule has 2 aromatic rings. The van der Waals surface area contributed by atoms with Crippen molar-refractivity contribution in [1.29, 1.82) is 0 Å². The third kappa shape index (κ3) is 6.56. The summed E-state index contributed by atoms with van der Waals surface area (Å²) >= 11 is 0. The van der Waals surface area contributed by atoms with Gasteiger partial charge in [-0.3, -0.25) is 19.3 Å². The fourth-order valence-corrected chi connectivity index (χ4v) is 7.10. The Labute approximate surface area is 251 Å². The first-order chi connectivity index (χ1) is 20.3. The van der Waals surface area contributed by atoms with Gasteiger partial charge >= 0.3 is 0 Å². The number of hydrogen-bond acceptors (Lipinski definition) is 4. The Bertz CT molecular complexity index is 1230. The van der Waals surface area contributed by atoms with E-state index in [1.54, 1.807) is 11.9 Å². The Morgan fingerprint density at radius 3 is 2.29 bits per heavy atom. The summed E-state index contributed by atoms with van der Waals surface area (Å²) in [5.74, 6) is 0.700. The van der Waals surface area contributed by atoms with Gasteiger partial charge in [-0.1, -0.05) is 75.3 Å². The zero-order chi connectivity index (χ0) is 29.7. The van der Waals surface area contributed by atoms with E-state index in [4.69, 9.17) is 0 Å². The molecule has 1 saturated carbocycles. The number of rotatable bonds is 9. The predicted octanol–water partition coefficient (Wildman–Crippen LogP) is 5.70. The molecule has 1 aliphatic carbocycles. The molecule has 0 unspecified atom stereocenters. The largest absolute Gasteiger partial charge is 0.342 e. The van der Waals surface area contributed by atoms with Gasteiger partial charge in [0.05, 0.1) is 0 Å². The standard InChI is InChI=1S/C35H48N4O3/c1-4-5-21-39-33(41)31(24-27-9-7-6-8-10-27)36-34(42)35(39)19-22-38(23-20-35)25-28-13-15-29(16-14-28)32(40)37(3)30-17-11-26(2)12-18-30/h11-18,27,31H,4-10,19-25H2,1-3H3,(H,36,42)/t31-/m0/s1. The van der Waals surface area contributed by atoms with Crippen LogP contribution in [0.15, 0.2) is 48.5 Å². The maximum Gasteiger partial charge on any atom is 0.258 e. The van der Waals surface area contributed by atoms with Crippen molar-refractivity contribution in [2.24, 2.45) is 5.92 Å². The molecule has 3 aliphatic rings. The molecule has 3 amide bonds. The number of piperazine rings is 1. The smallest absolute Gasteiger partial charge is 0.258 e. The van der Waals surface area contributed by atoms with Crippen molar-refractivity contribution in [2.75, 3.05) is 31.6 Å². The lowest BCUT2D eigenvalue weighted by molar-refractivity contribution is -0.162. The molecule has 7 nitrogen and oxygen atoms in total. The Hall–Kier alpha value is -3.19. The molecule has 0 radical (unpaired) electrons. The van der Waals surface area contributed by atoms with Crippen molar-refractivity contribution in [1.82, 2.24) is 15.1 Å². The van der Waals surface area contributed by atoms with Crippen LogP contribution in [0.4, 0.5) is 5.69 Å². The molecule has 2 aliphatic heterocycles. The minimum absolute atomic E-state index is 0.0349. The van der Waals surface area contributed by atoms with Crippen molar-refractivity contribution in [3.63, 3.8) is 0 Å². The van der Waals surface area contributed by atoms with E-state index in [0.29, 0.717) is 30.9 Å². The average Bonchev–Trinajstić information content (AvgIpc) is 3.01. The molecule has 0 bridgehead atoms. The van der Waals surface area contributed by atoms with Crippen molar-refractivity contribution in [2.45, 2.75) is 96.2 Å². The highest BCUT2D eigenvalue weighted by atomic mass is 16.2. The predicted molar refractivity (Wildman–Crippen MR) is 167 cm³/mol. The van der Waals surface area contributed by atoms with Gasteiger partial charge < -0.3 is 15.1 Å². The third-order valence-electron chi connectivity index (χ3n) is 9.85. The molecule has 42 heavy (non-hydrogen) atoms. The SMILES string of the molecule is CCCCN1C(=O)[C@H](CC2CCCCC2)NC(=O)C12CCN(Cc1ccc(C(=O)N(C)c3ccc(C)cc3)cc1)CC2. The lowest BCUT2D eigenvalue weighted by Crippen LogP contribution is -2.73. The third-order valence-corrected chi connectivity index (χ3v) is 9.85. The summed E-state index contributed by atoms with van der Waals surface area (Å²) in [7, 11) is 1.80. The molecule has 2 saturated heterocycles. The summed E-state index contributed by atoms with van der Waals surface area (Å²) in [5.41, 5.74) is 3.10. The number of hydrogen-bond donors (Lipinski definition) is 1. The molecule has 1 spiro atoms. The quantitative estimate of drug-likeness (QED) is 0.418. The first-order valence-corrected chi connectivity index (χ1v) is 16.1. The van der Waals surface area contributed by atoms with Gasteiger partial charge in [0.1, 0.15) is 11.6 Å². The molecule has 2 heterocycles. The van der Waals surface area contributed by atoms with Gasteiger partial charge in [0.2, 0.25) is 11.8 Å². The van der Waals surface area contributed by atoms with Crippen molar-refractivity contribution < 1.29 is 14.4 Å². The van der Waals surface area contributed by atoms with Gasteiger partial charge in [-0.2, -0.15) is 0 Å². The second-order valence-corrected chi connectivity index (χ2v) is 12.8. The molecule has 226 valence electrons. The molecular formula is C35H48N4O3. The number of nitrogens with one attached hydrogen (secondary N) is 1. The average molecular weight is 573 g/mol. The van der Waals surface area contributed by atoms with E-state index in [2.05, 4.69) is 17.1 Å². The topological polar surface area (TPSA) is 73.0 Å². The molecule has 0 aromatic heterocycles. The number of likely N-dealkylation sites (tertiary alicyclic amines) is 1. The van der Waals surface area contributed by atoms with Crippen LogP contribution in [-0.2, 0) is 16.1 Å². The summed E-state index contributed by atoms with van der Waals surface area (Å²) in [4.78, 5) is 46.6. The van der Waals surface area contributed by atoms with Gasteiger partial charge in [-0.15, -0.1) is 0 Å². The van der Waals surface area contributed by atoms with Crippen LogP contribution in [0.3, 0.4) is 0 Å². The van der Waals surface area contributed by atoms with Crippen LogP contribution < -0.4 is 10.2 Å². The van der Waals surface area contributed by atoms with Crippen LogP contribution in [-0.4, -0.2) is 65.8 Å². The molecule has 7 heteroatoms. The Morgan fingerprint density at radius 1 is 0.976 bits per heavy atom. The Kier molecular flexibility index (Phi) is 9.67. The number of anilines is 1. The van der Waals surface area contributed by atoms with E-state index in [9.17, 15) is 14.4 Å². The number of carbonyl (C=O) groups excluding carboxylic acids is 3. The number of carbonyl (C=O) groups is 3. The van der Waals surface area contributed by atoms with E-state index in [1.807, 2.05) is 60.4 Å². The summed E-state index contributed by atoms with van der Waals surface area (Å²) in [6.45, 7) is 7.11. The van der Waals surface area contributed by atoms with E-state index in [1.165, 1.54) is 32.1 Å². The Balaban J connectivity index is 1.20. The monoisotopic (exact) mass is 572 g/mol. The number of amides is 3. The first kappa shape index (κ1) is 30.3. The number of aryl methyl sites for hydroxylation is 1. The maximum absolute atomic E-state index is 13.8.